The number of carboxylic acids is 1. The minimum atomic E-state index is -1.13. The van der Waals surface area contributed by atoms with Gasteiger partial charge in [0.15, 0.2) is 0 Å². The van der Waals surface area contributed by atoms with Gasteiger partial charge in [-0.15, -0.1) is 11.3 Å². The topological polar surface area (TPSA) is 91.6 Å². The van der Waals surface area contributed by atoms with Gasteiger partial charge in [0.05, 0.1) is 6.54 Å². The zero-order valence-corrected chi connectivity index (χ0v) is 12.3. The number of urea groups is 1. The third-order valence-corrected chi connectivity index (χ3v) is 3.66. The second kappa shape index (κ2) is 6.94. The van der Waals surface area contributed by atoms with Crippen LogP contribution < -0.4 is 10.6 Å². The van der Waals surface area contributed by atoms with Crippen molar-refractivity contribution >= 4 is 23.3 Å². The molecule has 2 rings (SSSR count). The van der Waals surface area contributed by atoms with Crippen LogP contribution in [0.2, 0.25) is 0 Å². The Balaban J connectivity index is 1.75. The fourth-order valence-corrected chi connectivity index (χ4v) is 2.65. The molecule has 0 saturated carbocycles. The maximum absolute atomic E-state index is 11.7. The van der Waals surface area contributed by atoms with Gasteiger partial charge >= 0.3 is 12.0 Å². The molecule has 1 unspecified atom stereocenters. The van der Waals surface area contributed by atoms with Crippen molar-refractivity contribution in [3.05, 3.63) is 46.0 Å². The molecule has 0 aromatic carbocycles. The van der Waals surface area contributed by atoms with E-state index in [4.69, 9.17) is 9.52 Å². The number of carbonyl (C=O) groups is 2. The second-order valence-electron chi connectivity index (χ2n) is 4.58. The van der Waals surface area contributed by atoms with Crippen LogP contribution in [0.15, 0.2) is 34.1 Å². The first-order valence-electron chi connectivity index (χ1n) is 6.43. The highest BCUT2D eigenvalue weighted by Gasteiger charge is 2.11. The van der Waals surface area contributed by atoms with Gasteiger partial charge in [0, 0.05) is 17.3 Å². The molecule has 0 aliphatic heterocycles. The van der Waals surface area contributed by atoms with Gasteiger partial charge in [0.2, 0.25) is 5.76 Å². The Morgan fingerprint density at radius 1 is 1.38 bits per heavy atom. The number of carboxylic acid groups (broad SMARTS) is 1. The summed E-state index contributed by atoms with van der Waals surface area (Å²) in [6.07, 6.45) is 0.773. The molecule has 0 fully saturated rings. The summed E-state index contributed by atoms with van der Waals surface area (Å²) in [6, 6.07) is 6.58. The zero-order chi connectivity index (χ0) is 15.2. The van der Waals surface area contributed by atoms with Crippen LogP contribution in [0.1, 0.15) is 28.1 Å². The Morgan fingerprint density at radius 2 is 2.19 bits per heavy atom. The summed E-state index contributed by atoms with van der Waals surface area (Å²) in [5.41, 5.74) is 0. The minimum absolute atomic E-state index is 0.00910. The lowest BCUT2D eigenvalue weighted by Gasteiger charge is -2.13. The number of hydrogen-bond donors (Lipinski definition) is 3. The minimum Gasteiger partial charge on any atom is -0.475 e. The quantitative estimate of drug-likeness (QED) is 0.764. The standard InChI is InChI=1S/C14H16N2O4S/c1-9(7-11-3-2-6-21-11)16-14(19)15-8-10-4-5-12(20-10)13(17)18/h2-6,9H,7-8H2,1H3,(H,17,18)(H2,15,16,19). The zero-order valence-electron chi connectivity index (χ0n) is 11.5. The molecule has 2 amide bonds. The fourth-order valence-electron chi connectivity index (χ4n) is 1.81. The molecule has 0 aliphatic rings. The molecule has 2 heterocycles. The van der Waals surface area contributed by atoms with Crippen LogP contribution in [0.25, 0.3) is 0 Å². The van der Waals surface area contributed by atoms with Crippen molar-refractivity contribution in [1.82, 2.24) is 10.6 Å². The molecule has 0 saturated heterocycles. The summed E-state index contributed by atoms with van der Waals surface area (Å²) < 4.78 is 5.05. The summed E-state index contributed by atoms with van der Waals surface area (Å²) in [7, 11) is 0. The van der Waals surface area contributed by atoms with Crippen LogP contribution >= 0.6 is 11.3 Å². The Morgan fingerprint density at radius 3 is 2.81 bits per heavy atom. The van der Waals surface area contributed by atoms with Crippen molar-refractivity contribution in [2.24, 2.45) is 0 Å². The molecule has 112 valence electrons. The van der Waals surface area contributed by atoms with Gasteiger partial charge in [-0.2, -0.15) is 0 Å². The Hall–Kier alpha value is -2.28. The molecule has 1 atom stereocenters. The molecule has 6 nitrogen and oxygen atoms in total. The number of carbonyl (C=O) groups excluding carboxylic acids is 1. The van der Waals surface area contributed by atoms with Gasteiger partial charge in [0.25, 0.3) is 0 Å². The largest absolute Gasteiger partial charge is 0.475 e. The normalized spacial score (nSPS) is 11.9. The molecular weight excluding hydrogens is 292 g/mol. The monoisotopic (exact) mass is 308 g/mol. The van der Waals surface area contributed by atoms with E-state index in [1.54, 1.807) is 11.3 Å². The molecule has 0 aliphatic carbocycles. The van der Waals surface area contributed by atoms with E-state index in [0.717, 1.165) is 6.42 Å². The summed E-state index contributed by atoms with van der Waals surface area (Å²) in [5, 5.41) is 16.2. The summed E-state index contributed by atoms with van der Waals surface area (Å²) in [4.78, 5) is 23.6. The Kier molecular flexibility index (Phi) is 4.99. The number of thiophene rings is 1. The van der Waals surface area contributed by atoms with E-state index >= 15 is 0 Å². The van der Waals surface area contributed by atoms with E-state index in [1.165, 1.54) is 17.0 Å². The molecule has 0 spiro atoms. The maximum Gasteiger partial charge on any atom is 0.371 e. The molecule has 3 N–H and O–H groups in total. The number of furan rings is 1. The lowest BCUT2D eigenvalue weighted by atomic mass is 10.2. The van der Waals surface area contributed by atoms with Crippen molar-refractivity contribution in [3.63, 3.8) is 0 Å². The van der Waals surface area contributed by atoms with Gasteiger partial charge in [0.1, 0.15) is 5.76 Å². The predicted octanol–water partition coefficient (Wildman–Crippen LogP) is 2.47. The summed E-state index contributed by atoms with van der Waals surface area (Å²) in [6.45, 7) is 2.07. The molecule has 2 aromatic heterocycles. The van der Waals surface area contributed by atoms with Crippen molar-refractivity contribution in [2.75, 3.05) is 0 Å². The van der Waals surface area contributed by atoms with Crippen molar-refractivity contribution in [1.29, 1.82) is 0 Å². The number of nitrogens with one attached hydrogen (secondary N) is 2. The summed E-state index contributed by atoms with van der Waals surface area (Å²) in [5.74, 6) is -0.873. The predicted molar refractivity (Wildman–Crippen MR) is 78.5 cm³/mol. The van der Waals surface area contributed by atoms with Crippen LogP contribution in [0, 0.1) is 0 Å². The summed E-state index contributed by atoms with van der Waals surface area (Å²) >= 11 is 1.65. The van der Waals surface area contributed by atoms with Crippen molar-refractivity contribution in [3.8, 4) is 0 Å². The van der Waals surface area contributed by atoms with Crippen LogP contribution in [0.3, 0.4) is 0 Å². The average Bonchev–Trinajstić information content (AvgIpc) is 3.06. The van der Waals surface area contributed by atoms with E-state index in [1.807, 2.05) is 24.4 Å². The molecular formula is C14H16N2O4S. The van der Waals surface area contributed by atoms with E-state index in [0.29, 0.717) is 5.76 Å². The van der Waals surface area contributed by atoms with E-state index in [-0.39, 0.29) is 24.4 Å². The molecule has 2 aromatic rings. The van der Waals surface area contributed by atoms with E-state index < -0.39 is 5.97 Å². The number of aromatic carboxylic acids is 1. The van der Waals surface area contributed by atoms with Gasteiger partial charge < -0.3 is 20.2 Å². The van der Waals surface area contributed by atoms with Crippen molar-refractivity contribution < 1.29 is 19.1 Å². The lowest BCUT2D eigenvalue weighted by Crippen LogP contribution is -2.41. The van der Waals surface area contributed by atoms with Gasteiger partial charge in [-0.3, -0.25) is 0 Å². The highest BCUT2D eigenvalue weighted by molar-refractivity contribution is 7.09. The van der Waals surface area contributed by atoms with Crippen LogP contribution in [0.4, 0.5) is 4.79 Å². The smallest absolute Gasteiger partial charge is 0.371 e. The Bertz CT molecular complexity index is 606. The van der Waals surface area contributed by atoms with E-state index in [2.05, 4.69) is 10.6 Å². The van der Waals surface area contributed by atoms with Crippen molar-refractivity contribution in [2.45, 2.75) is 25.9 Å². The van der Waals surface area contributed by atoms with Crippen LogP contribution in [-0.4, -0.2) is 23.1 Å². The maximum atomic E-state index is 11.7. The molecule has 0 bridgehead atoms. The van der Waals surface area contributed by atoms with E-state index in [9.17, 15) is 9.59 Å². The fraction of sp³-hybridized carbons (Fsp3) is 0.286. The highest BCUT2D eigenvalue weighted by atomic mass is 32.1. The number of amides is 2. The molecule has 21 heavy (non-hydrogen) atoms. The number of hydrogen-bond acceptors (Lipinski definition) is 4. The Labute approximate surface area is 125 Å². The number of rotatable bonds is 6. The lowest BCUT2D eigenvalue weighted by molar-refractivity contribution is 0.0660. The first-order chi connectivity index (χ1) is 10.0. The second-order valence-corrected chi connectivity index (χ2v) is 5.61. The average molecular weight is 308 g/mol. The van der Waals surface area contributed by atoms with Gasteiger partial charge in [-0.25, -0.2) is 9.59 Å². The van der Waals surface area contributed by atoms with Crippen LogP contribution in [-0.2, 0) is 13.0 Å². The third-order valence-electron chi connectivity index (χ3n) is 2.76. The first kappa shape index (κ1) is 15.1. The third kappa shape index (κ3) is 4.64. The SMILES string of the molecule is CC(Cc1cccs1)NC(=O)NCc1ccc(C(=O)O)o1. The first-order valence-corrected chi connectivity index (χ1v) is 7.31. The molecule has 0 radical (unpaired) electrons. The molecule has 7 heteroatoms. The van der Waals surface area contributed by atoms with Crippen LogP contribution in [0.5, 0.6) is 0 Å². The van der Waals surface area contributed by atoms with Gasteiger partial charge in [-0.1, -0.05) is 6.07 Å². The highest BCUT2D eigenvalue weighted by Crippen LogP contribution is 2.11. The van der Waals surface area contributed by atoms with Gasteiger partial charge in [-0.05, 0) is 30.5 Å².